The van der Waals surface area contributed by atoms with Crippen molar-refractivity contribution in [2.45, 2.75) is 49.7 Å². The molecule has 1 aromatic heterocycles. The maximum absolute atomic E-state index is 9.90. The lowest BCUT2D eigenvalue weighted by atomic mass is 10.0. The Labute approximate surface area is 170 Å². The van der Waals surface area contributed by atoms with Gasteiger partial charge < -0.3 is 14.8 Å². The monoisotopic (exact) mass is 398 g/mol. The van der Waals surface area contributed by atoms with E-state index in [4.69, 9.17) is 9.47 Å². The Kier molecular flexibility index (Phi) is 6.99. The van der Waals surface area contributed by atoms with Gasteiger partial charge in [-0.2, -0.15) is 5.26 Å². The van der Waals surface area contributed by atoms with Crippen LogP contribution < -0.4 is 14.8 Å². The van der Waals surface area contributed by atoms with Crippen molar-refractivity contribution in [2.75, 3.05) is 25.8 Å². The Morgan fingerprint density at radius 2 is 1.79 bits per heavy atom. The summed E-state index contributed by atoms with van der Waals surface area (Å²) in [4.78, 5) is 9.24. The van der Waals surface area contributed by atoms with Crippen molar-refractivity contribution in [2.24, 2.45) is 0 Å². The lowest BCUT2D eigenvalue weighted by Gasteiger charge is -2.19. The van der Waals surface area contributed by atoms with Gasteiger partial charge in [-0.05, 0) is 37.3 Å². The molecule has 0 aliphatic heterocycles. The van der Waals surface area contributed by atoms with Gasteiger partial charge in [0.25, 0.3) is 0 Å². The summed E-state index contributed by atoms with van der Waals surface area (Å²) in [7, 11) is 3.20. The van der Waals surface area contributed by atoms with Crippen molar-refractivity contribution in [3.8, 4) is 28.8 Å². The van der Waals surface area contributed by atoms with Crippen LogP contribution in [0.2, 0.25) is 0 Å². The molecule has 1 aromatic carbocycles. The van der Waals surface area contributed by atoms with Gasteiger partial charge in [-0.1, -0.05) is 37.4 Å². The highest BCUT2D eigenvalue weighted by Crippen LogP contribution is 2.35. The number of methoxy groups -OCH3 is 2. The quantitative estimate of drug-likeness (QED) is 0.421. The Bertz CT molecular complexity index is 858. The molecule has 2 aromatic rings. The van der Waals surface area contributed by atoms with Crippen molar-refractivity contribution >= 4 is 17.6 Å². The molecule has 3 rings (SSSR count). The number of hydrogen-bond donors (Lipinski definition) is 1. The van der Waals surface area contributed by atoms with E-state index in [0.29, 0.717) is 39.8 Å². The van der Waals surface area contributed by atoms with Gasteiger partial charge in [0, 0.05) is 11.6 Å². The first-order valence-corrected chi connectivity index (χ1v) is 10.8. The standard InChI is InChI=1S/C21H26N4O2S/c1-26-17-11-10-14(12-18(17)27-2)19-16(13-22)20(25-21(24-19)28-3)23-15-8-6-4-5-7-9-15/h10-12,15H,4-9H2,1-3H3,(H,23,24,25). The molecular weight excluding hydrogens is 372 g/mol. The zero-order chi connectivity index (χ0) is 19.9. The van der Waals surface area contributed by atoms with Crippen LogP contribution in [0.4, 0.5) is 5.82 Å². The van der Waals surface area contributed by atoms with Crippen LogP contribution in [0, 0.1) is 11.3 Å². The van der Waals surface area contributed by atoms with E-state index in [1.54, 1.807) is 14.2 Å². The summed E-state index contributed by atoms with van der Waals surface area (Å²) in [6, 6.07) is 8.23. The van der Waals surface area contributed by atoms with E-state index in [2.05, 4.69) is 21.4 Å². The van der Waals surface area contributed by atoms with E-state index >= 15 is 0 Å². The minimum Gasteiger partial charge on any atom is -0.493 e. The van der Waals surface area contributed by atoms with Crippen molar-refractivity contribution in [1.82, 2.24) is 9.97 Å². The second kappa shape index (κ2) is 9.65. The molecule has 1 saturated carbocycles. The topological polar surface area (TPSA) is 80.1 Å². The number of nitriles is 1. The van der Waals surface area contributed by atoms with Crippen molar-refractivity contribution in [3.05, 3.63) is 23.8 Å². The fourth-order valence-corrected chi connectivity index (χ4v) is 3.92. The highest BCUT2D eigenvalue weighted by molar-refractivity contribution is 7.98. The molecule has 1 N–H and O–H groups in total. The minimum absolute atomic E-state index is 0.345. The van der Waals surface area contributed by atoms with Crippen LogP contribution in [-0.4, -0.2) is 36.5 Å². The lowest BCUT2D eigenvalue weighted by molar-refractivity contribution is 0.355. The van der Waals surface area contributed by atoms with Gasteiger partial charge >= 0.3 is 0 Å². The predicted octanol–water partition coefficient (Wildman–Crippen LogP) is 4.89. The van der Waals surface area contributed by atoms with E-state index in [0.717, 1.165) is 18.4 Å². The van der Waals surface area contributed by atoms with Gasteiger partial charge in [-0.3, -0.25) is 0 Å². The number of anilines is 1. The second-order valence-electron chi connectivity index (χ2n) is 6.80. The van der Waals surface area contributed by atoms with Crippen LogP contribution >= 0.6 is 11.8 Å². The van der Waals surface area contributed by atoms with Gasteiger partial charge in [0.15, 0.2) is 16.7 Å². The van der Waals surface area contributed by atoms with Crippen LogP contribution in [0.5, 0.6) is 11.5 Å². The van der Waals surface area contributed by atoms with Crippen LogP contribution in [0.15, 0.2) is 23.4 Å². The van der Waals surface area contributed by atoms with E-state index < -0.39 is 0 Å². The molecule has 0 saturated heterocycles. The first-order chi connectivity index (χ1) is 13.7. The smallest absolute Gasteiger partial charge is 0.189 e. The number of hydrogen-bond acceptors (Lipinski definition) is 7. The molecule has 1 aliphatic rings. The van der Waals surface area contributed by atoms with E-state index in [1.165, 1.54) is 37.4 Å². The molecule has 0 radical (unpaired) electrons. The Balaban J connectivity index is 2.04. The normalized spacial score (nSPS) is 14.8. The number of benzene rings is 1. The maximum atomic E-state index is 9.90. The maximum Gasteiger partial charge on any atom is 0.189 e. The summed E-state index contributed by atoms with van der Waals surface area (Å²) in [5.74, 6) is 1.87. The van der Waals surface area contributed by atoms with Crippen LogP contribution in [0.3, 0.4) is 0 Å². The Hall–Kier alpha value is -2.46. The zero-order valence-electron chi connectivity index (χ0n) is 16.6. The molecule has 7 heteroatoms. The van der Waals surface area contributed by atoms with Crippen molar-refractivity contribution < 1.29 is 9.47 Å². The summed E-state index contributed by atoms with van der Waals surface area (Å²) in [6.07, 6.45) is 9.13. The Morgan fingerprint density at radius 3 is 2.39 bits per heavy atom. The fourth-order valence-electron chi connectivity index (χ4n) is 3.55. The van der Waals surface area contributed by atoms with Crippen molar-refractivity contribution in [1.29, 1.82) is 5.26 Å². The Morgan fingerprint density at radius 1 is 1.07 bits per heavy atom. The third kappa shape index (κ3) is 4.50. The van der Waals surface area contributed by atoms with E-state index in [1.807, 2.05) is 24.5 Å². The molecule has 0 amide bonds. The number of nitrogens with zero attached hydrogens (tertiary/aromatic N) is 3. The van der Waals surface area contributed by atoms with Gasteiger partial charge in [-0.25, -0.2) is 9.97 Å². The van der Waals surface area contributed by atoms with E-state index in [9.17, 15) is 5.26 Å². The highest BCUT2D eigenvalue weighted by Gasteiger charge is 2.20. The molecule has 0 atom stereocenters. The number of ether oxygens (including phenoxy) is 2. The fraction of sp³-hybridized carbons (Fsp3) is 0.476. The average Bonchev–Trinajstić information content (AvgIpc) is 3.01. The van der Waals surface area contributed by atoms with Crippen LogP contribution in [-0.2, 0) is 0 Å². The summed E-state index contributed by atoms with van der Waals surface area (Å²) in [5.41, 5.74) is 1.88. The molecule has 148 valence electrons. The third-order valence-corrected chi connectivity index (χ3v) is 5.58. The number of rotatable bonds is 6. The van der Waals surface area contributed by atoms with E-state index in [-0.39, 0.29) is 0 Å². The zero-order valence-corrected chi connectivity index (χ0v) is 17.4. The SMILES string of the molecule is COc1ccc(-c2nc(SC)nc(NC3CCCCCC3)c2C#N)cc1OC. The molecule has 1 heterocycles. The van der Waals surface area contributed by atoms with Crippen LogP contribution in [0.25, 0.3) is 11.3 Å². The molecule has 1 aliphatic carbocycles. The molecule has 6 nitrogen and oxygen atoms in total. The van der Waals surface area contributed by atoms with Gasteiger partial charge in [0.1, 0.15) is 17.5 Å². The summed E-state index contributed by atoms with van der Waals surface area (Å²) in [5, 5.41) is 14.1. The molecule has 28 heavy (non-hydrogen) atoms. The molecule has 1 fully saturated rings. The number of thioether (sulfide) groups is 1. The number of nitrogens with one attached hydrogen (secondary N) is 1. The second-order valence-corrected chi connectivity index (χ2v) is 7.57. The first-order valence-electron chi connectivity index (χ1n) is 9.55. The third-order valence-electron chi connectivity index (χ3n) is 5.04. The van der Waals surface area contributed by atoms with Gasteiger partial charge in [0.05, 0.1) is 19.9 Å². The summed E-state index contributed by atoms with van der Waals surface area (Å²) < 4.78 is 10.7. The summed E-state index contributed by atoms with van der Waals surface area (Å²) in [6.45, 7) is 0. The molecular formula is C21H26N4O2S. The predicted molar refractivity (Wildman–Crippen MR) is 112 cm³/mol. The summed E-state index contributed by atoms with van der Waals surface area (Å²) >= 11 is 1.47. The van der Waals surface area contributed by atoms with Crippen LogP contribution in [0.1, 0.15) is 44.1 Å². The van der Waals surface area contributed by atoms with Gasteiger partial charge in [0.2, 0.25) is 0 Å². The largest absolute Gasteiger partial charge is 0.493 e. The molecule has 0 bridgehead atoms. The van der Waals surface area contributed by atoms with Crippen molar-refractivity contribution in [3.63, 3.8) is 0 Å². The molecule has 0 unspecified atom stereocenters. The van der Waals surface area contributed by atoms with Gasteiger partial charge in [-0.15, -0.1) is 0 Å². The average molecular weight is 399 g/mol. The lowest BCUT2D eigenvalue weighted by Crippen LogP contribution is -2.20. The molecule has 0 spiro atoms. The minimum atomic E-state index is 0.345. The highest BCUT2D eigenvalue weighted by atomic mass is 32.2. The first kappa shape index (κ1) is 20.3. The number of aromatic nitrogens is 2.